The van der Waals surface area contributed by atoms with Crippen LogP contribution in [0, 0.1) is 11.3 Å². The van der Waals surface area contributed by atoms with Crippen molar-refractivity contribution in [2.75, 3.05) is 5.32 Å². The Morgan fingerprint density at radius 3 is 2.71 bits per heavy atom. The molecule has 0 spiro atoms. The third-order valence-corrected chi connectivity index (χ3v) is 3.79. The Morgan fingerprint density at radius 1 is 1.19 bits per heavy atom. The number of rotatable bonds is 7. The van der Waals surface area contributed by atoms with Gasteiger partial charge in [-0.2, -0.15) is 5.26 Å². The minimum atomic E-state index is 0.424. The second-order valence-electron chi connectivity index (χ2n) is 5.45. The average Bonchev–Trinajstić information content (AvgIpc) is 2.53. The van der Waals surface area contributed by atoms with E-state index < -0.39 is 0 Å². The minimum absolute atomic E-state index is 0.424. The summed E-state index contributed by atoms with van der Waals surface area (Å²) in [7, 11) is 0. The normalized spacial score (nSPS) is 12.0. The summed E-state index contributed by atoms with van der Waals surface area (Å²) in [6, 6.07) is 10.7. The van der Waals surface area contributed by atoms with Gasteiger partial charge in [-0.05, 0) is 18.9 Å². The largest absolute Gasteiger partial charge is 0.381 e. The number of pyridine rings is 1. The first kappa shape index (κ1) is 15.3. The maximum atomic E-state index is 9.37. The zero-order valence-corrected chi connectivity index (χ0v) is 12.9. The van der Waals surface area contributed by atoms with Gasteiger partial charge in [-0.15, -0.1) is 0 Å². The van der Waals surface area contributed by atoms with Crippen molar-refractivity contribution in [1.82, 2.24) is 4.98 Å². The first-order valence-corrected chi connectivity index (χ1v) is 7.84. The van der Waals surface area contributed by atoms with Gasteiger partial charge in [-0.1, -0.05) is 51.3 Å². The number of unbranched alkanes of at least 4 members (excludes halogenated alkanes) is 1. The number of nitrogens with one attached hydrogen (secondary N) is 1. The van der Waals surface area contributed by atoms with Gasteiger partial charge in [0.25, 0.3) is 0 Å². The summed E-state index contributed by atoms with van der Waals surface area (Å²) in [4.78, 5) is 4.37. The molecule has 1 aromatic heterocycles. The van der Waals surface area contributed by atoms with Crippen molar-refractivity contribution in [2.45, 2.75) is 52.0 Å². The highest BCUT2D eigenvalue weighted by atomic mass is 14.9. The third-order valence-electron chi connectivity index (χ3n) is 3.79. The van der Waals surface area contributed by atoms with Crippen molar-refractivity contribution in [3.8, 4) is 6.07 Å². The Labute approximate surface area is 127 Å². The summed E-state index contributed by atoms with van der Waals surface area (Å²) in [6.45, 7) is 4.42. The van der Waals surface area contributed by atoms with E-state index in [2.05, 4.69) is 30.2 Å². The summed E-state index contributed by atoms with van der Waals surface area (Å²) in [5, 5.41) is 14.0. The monoisotopic (exact) mass is 281 g/mol. The van der Waals surface area contributed by atoms with Gasteiger partial charge in [0.05, 0.1) is 16.8 Å². The fourth-order valence-electron chi connectivity index (χ4n) is 2.67. The van der Waals surface area contributed by atoms with E-state index in [9.17, 15) is 5.26 Å². The molecule has 3 heteroatoms. The standard InChI is InChI=1S/C18H23N3/c1-3-5-9-15(8-4-2)21-18-14(12-19)13-20-17-11-7-6-10-16(17)18/h6-7,10-11,13,15H,3-5,8-9H2,1-2H3,(H,20,21). The van der Waals surface area contributed by atoms with Crippen molar-refractivity contribution in [2.24, 2.45) is 0 Å². The number of hydrogen-bond acceptors (Lipinski definition) is 3. The van der Waals surface area contributed by atoms with Crippen LogP contribution in [0.4, 0.5) is 5.69 Å². The quantitative estimate of drug-likeness (QED) is 0.787. The van der Waals surface area contributed by atoms with Crippen molar-refractivity contribution in [3.63, 3.8) is 0 Å². The number of para-hydroxylation sites is 1. The maximum absolute atomic E-state index is 9.37. The molecule has 1 N–H and O–H groups in total. The highest BCUT2D eigenvalue weighted by Crippen LogP contribution is 2.27. The zero-order chi connectivity index (χ0) is 15.1. The lowest BCUT2D eigenvalue weighted by atomic mass is 10.0. The molecule has 110 valence electrons. The van der Waals surface area contributed by atoms with E-state index in [0.29, 0.717) is 11.6 Å². The molecule has 1 atom stereocenters. The highest BCUT2D eigenvalue weighted by Gasteiger charge is 2.13. The molecule has 0 radical (unpaired) electrons. The molecule has 21 heavy (non-hydrogen) atoms. The summed E-state index contributed by atoms with van der Waals surface area (Å²) in [5.41, 5.74) is 2.51. The van der Waals surface area contributed by atoms with Crippen LogP contribution in [-0.4, -0.2) is 11.0 Å². The van der Waals surface area contributed by atoms with Crippen LogP contribution in [0.2, 0.25) is 0 Å². The van der Waals surface area contributed by atoms with Gasteiger partial charge >= 0.3 is 0 Å². The Hall–Kier alpha value is -2.08. The predicted molar refractivity (Wildman–Crippen MR) is 88.3 cm³/mol. The molecular weight excluding hydrogens is 258 g/mol. The van der Waals surface area contributed by atoms with Crippen LogP contribution in [0.5, 0.6) is 0 Å². The number of nitrogens with zero attached hydrogens (tertiary/aromatic N) is 2. The Balaban J connectivity index is 2.36. The molecule has 2 rings (SSSR count). The third kappa shape index (κ3) is 3.72. The lowest BCUT2D eigenvalue weighted by Gasteiger charge is -2.21. The molecule has 0 aliphatic heterocycles. The number of anilines is 1. The molecule has 0 aliphatic rings. The van der Waals surface area contributed by atoms with E-state index in [1.807, 2.05) is 24.3 Å². The molecule has 3 nitrogen and oxygen atoms in total. The second-order valence-corrected chi connectivity index (χ2v) is 5.45. The molecule has 0 saturated heterocycles. The number of fused-ring (bicyclic) bond motifs is 1. The van der Waals surface area contributed by atoms with Crippen LogP contribution in [0.1, 0.15) is 51.5 Å². The Kier molecular flexibility index (Phi) is 5.57. The molecular formula is C18H23N3. The summed E-state index contributed by atoms with van der Waals surface area (Å²) < 4.78 is 0. The van der Waals surface area contributed by atoms with Crippen molar-refractivity contribution >= 4 is 16.6 Å². The SMILES string of the molecule is CCCCC(CCC)Nc1c(C#N)cnc2ccccc12. The fourth-order valence-corrected chi connectivity index (χ4v) is 2.67. The smallest absolute Gasteiger partial charge is 0.103 e. The average molecular weight is 281 g/mol. The summed E-state index contributed by atoms with van der Waals surface area (Å²) >= 11 is 0. The van der Waals surface area contributed by atoms with Gasteiger partial charge in [-0.25, -0.2) is 0 Å². The van der Waals surface area contributed by atoms with Gasteiger partial charge < -0.3 is 5.32 Å². The van der Waals surface area contributed by atoms with E-state index >= 15 is 0 Å². The number of hydrogen-bond donors (Lipinski definition) is 1. The maximum Gasteiger partial charge on any atom is 0.103 e. The van der Waals surface area contributed by atoms with Gasteiger partial charge in [-0.3, -0.25) is 4.98 Å². The van der Waals surface area contributed by atoms with Crippen LogP contribution in [0.15, 0.2) is 30.5 Å². The number of aromatic nitrogens is 1. The predicted octanol–water partition coefficient (Wildman–Crippen LogP) is 4.88. The van der Waals surface area contributed by atoms with Gasteiger partial charge in [0.2, 0.25) is 0 Å². The van der Waals surface area contributed by atoms with Crippen LogP contribution >= 0.6 is 0 Å². The molecule has 0 saturated carbocycles. The molecule has 1 heterocycles. The van der Waals surface area contributed by atoms with Crippen LogP contribution in [0.25, 0.3) is 10.9 Å². The van der Waals surface area contributed by atoms with Crippen LogP contribution in [0.3, 0.4) is 0 Å². The van der Waals surface area contributed by atoms with Crippen LogP contribution in [-0.2, 0) is 0 Å². The Morgan fingerprint density at radius 2 is 2.00 bits per heavy atom. The van der Waals surface area contributed by atoms with Crippen molar-refractivity contribution in [3.05, 3.63) is 36.0 Å². The van der Waals surface area contributed by atoms with E-state index in [1.54, 1.807) is 6.20 Å². The summed E-state index contributed by atoms with van der Waals surface area (Å²) in [5.74, 6) is 0. The van der Waals surface area contributed by atoms with E-state index in [-0.39, 0.29) is 0 Å². The summed E-state index contributed by atoms with van der Waals surface area (Å²) in [6.07, 6.45) is 7.50. The molecule has 0 fully saturated rings. The lowest BCUT2D eigenvalue weighted by molar-refractivity contribution is 0.565. The fraction of sp³-hybridized carbons (Fsp3) is 0.444. The van der Waals surface area contributed by atoms with E-state index in [0.717, 1.165) is 35.9 Å². The van der Waals surface area contributed by atoms with Gasteiger partial charge in [0.15, 0.2) is 0 Å². The topological polar surface area (TPSA) is 48.7 Å². The first-order chi connectivity index (χ1) is 10.3. The number of nitriles is 1. The zero-order valence-electron chi connectivity index (χ0n) is 12.9. The van der Waals surface area contributed by atoms with Crippen molar-refractivity contribution < 1.29 is 0 Å². The molecule has 0 bridgehead atoms. The van der Waals surface area contributed by atoms with Gasteiger partial charge in [0, 0.05) is 17.6 Å². The van der Waals surface area contributed by atoms with Crippen LogP contribution < -0.4 is 5.32 Å². The second kappa shape index (κ2) is 7.64. The lowest BCUT2D eigenvalue weighted by Crippen LogP contribution is -2.20. The van der Waals surface area contributed by atoms with E-state index in [4.69, 9.17) is 0 Å². The minimum Gasteiger partial charge on any atom is -0.381 e. The first-order valence-electron chi connectivity index (χ1n) is 7.84. The molecule has 0 aliphatic carbocycles. The molecule has 0 amide bonds. The van der Waals surface area contributed by atoms with E-state index in [1.165, 1.54) is 12.8 Å². The molecule has 2 aromatic rings. The molecule has 1 unspecified atom stereocenters. The van der Waals surface area contributed by atoms with Crippen molar-refractivity contribution in [1.29, 1.82) is 5.26 Å². The van der Waals surface area contributed by atoms with Gasteiger partial charge in [0.1, 0.15) is 6.07 Å². The molecule has 1 aromatic carbocycles. The number of benzene rings is 1. The Bertz CT molecular complexity index is 628. The highest BCUT2D eigenvalue weighted by molar-refractivity contribution is 5.93.